The summed E-state index contributed by atoms with van der Waals surface area (Å²) in [6, 6.07) is 9.05. The van der Waals surface area contributed by atoms with E-state index in [-0.39, 0.29) is 0 Å². The smallest absolute Gasteiger partial charge is 0.0366 e. The van der Waals surface area contributed by atoms with Crippen LogP contribution in [0, 0.1) is 11.8 Å². The van der Waals surface area contributed by atoms with Crippen molar-refractivity contribution in [3.63, 3.8) is 0 Å². The highest BCUT2D eigenvalue weighted by molar-refractivity contribution is 5.47. The van der Waals surface area contributed by atoms with Gasteiger partial charge < -0.3 is 10.2 Å². The number of piperidine rings is 1. The lowest BCUT2D eigenvalue weighted by Gasteiger charge is -2.34. The molecule has 1 aliphatic heterocycles. The Bertz CT molecular complexity index is 375. The number of rotatable bonds is 6. The molecule has 0 saturated carbocycles. The van der Waals surface area contributed by atoms with E-state index in [1.165, 1.54) is 50.0 Å². The Balaban J connectivity index is 1.81. The Kier molecular flexibility index (Phi) is 5.90. The van der Waals surface area contributed by atoms with Crippen LogP contribution in [0.2, 0.25) is 0 Å². The van der Waals surface area contributed by atoms with Gasteiger partial charge in [0.1, 0.15) is 0 Å². The Morgan fingerprint density at radius 2 is 1.80 bits per heavy atom. The molecule has 1 N–H and O–H groups in total. The topological polar surface area (TPSA) is 15.3 Å². The van der Waals surface area contributed by atoms with Gasteiger partial charge in [-0.3, -0.25) is 0 Å². The molecule has 1 heterocycles. The average Bonchev–Trinajstić information content (AvgIpc) is 2.47. The maximum Gasteiger partial charge on any atom is 0.0366 e. The van der Waals surface area contributed by atoms with Crippen molar-refractivity contribution in [3.05, 3.63) is 29.8 Å². The minimum Gasteiger partial charge on any atom is -0.372 e. The summed E-state index contributed by atoms with van der Waals surface area (Å²) in [6.07, 6.45) is 5.55. The van der Waals surface area contributed by atoms with Gasteiger partial charge in [0.2, 0.25) is 0 Å². The molecule has 0 bridgehead atoms. The largest absolute Gasteiger partial charge is 0.372 e. The normalized spacial score (nSPS) is 16.9. The maximum absolute atomic E-state index is 3.20. The zero-order chi connectivity index (χ0) is 14.4. The Morgan fingerprint density at radius 3 is 2.35 bits per heavy atom. The van der Waals surface area contributed by atoms with Crippen molar-refractivity contribution < 1.29 is 0 Å². The highest BCUT2D eigenvalue weighted by Crippen LogP contribution is 2.27. The highest BCUT2D eigenvalue weighted by Gasteiger charge is 2.19. The standard InChI is InChI=1S/C18H30N2/c1-15(2)4-5-16-10-12-20(13-11-16)18-8-6-17(7-9-18)14-19-3/h6-9,15-16,19H,4-5,10-14H2,1-3H3. The van der Waals surface area contributed by atoms with Crippen LogP contribution >= 0.6 is 0 Å². The van der Waals surface area contributed by atoms with Crippen LogP contribution in [-0.4, -0.2) is 20.1 Å². The van der Waals surface area contributed by atoms with Gasteiger partial charge in [-0.2, -0.15) is 0 Å². The van der Waals surface area contributed by atoms with E-state index in [0.29, 0.717) is 0 Å². The molecule has 1 aromatic rings. The SMILES string of the molecule is CNCc1ccc(N2CCC(CCC(C)C)CC2)cc1. The van der Waals surface area contributed by atoms with Crippen LogP contribution in [0.1, 0.15) is 45.1 Å². The summed E-state index contributed by atoms with van der Waals surface area (Å²) in [4.78, 5) is 2.55. The van der Waals surface area contributed by atoms with Crippen molar-refractivity contribution >= 4 is 5.69 Å². The van der Waals surface area contributed by atoms with Crippen LogP contribution in [0.3, 0.4) is 0 Å². The predicted octanol–water partition coefficient (Wildman–Crippen LogP) is 4.06. The van der Waals surface area contributed by atoms with Crippen molar-refractivity contribution in [2.45, 2.75) is 46.1 Å². The third kappa shape index (κ3) is 4.52. The molecule has 0 aromatic heterocycles. The highest BCUT2D eigenvalue weighted by atomic mass is 15.1. The summed E-state index contributed by atoms with van der Waals surface area (Å²) in [7, 11) is 2.00. The van der Waals surface area contributed by atoms with Gasteiger partial charge in [0.25, 0.3) is 0 Å². The first-order valence-corrected chi connectivity index (χ1v) is 8.17. The van der Waals surface area contributed by atoms with Gasteiger partial charge in [-0.25, -0.2) is 0 Å². The van der Waals surface area contributed by atoms with Crippen LogP contribution < -0.4 is 10.2 Å². The van der Waals surface area contributed by atoms with Crippen LogP contribution in [0.5, 0.6) is 0 Å². The Morgan fingerprint density at radius 1 is 1.15 bits per heavy atom. The summed E-state index contributed by atoms with van der Waals surface area (Å²) < 4.78 is 0. The van der Waals surface area contributed by atoms with Crippen molar-refractivity contribution in [3.8, 4) is 0 Å². The molecule has 2 nitrogen and oxygen atoms in total. The van der Waals surface area contributed by atoms with E-state index >= 15 is 0 Å². The Hall–Kier alpha value is -1.02. The van der Waals surface area contributed by atoms with Crippen molar-refractivity contribution in [1.82, 2.24) is 5.32 Å². The number of hydrogen-bond donors (Lipinski definition) is 1. The molecule has 20 heavy (non-hydrogen) atoms. The molecule has 2 rings (SSSR count). The molecule has 0 radical (unpaired) electrons. The summed E-state index contributed by atoms with van der Waals surface area (Å²) >= 11 is 0. The average molecular weight is 274 g/mol. The van der Waals surface area contributed by atoms with Gasteiger partial charge in [0.15, 0.2) is 0 Å². The fraction of sp³-hybridized carbons (Fsp3) is 0.667. The molecule has 2 heteroatoms. The quantitative estimate of drug-likeness (QED) is 0.841. The molecule has 1 aromatic carbocycles. The van der Waals surface area contributed by atoms with Crippen LogP contribution in [0.15, 0.2) is 24.3 Å². The zero-order valence-electron chi connectivity index (χ0n) is 13.4. The molecule has 0 aliphatic carbocycles. The molecule has 112 valence electrons. The van der Waals surface area contributed by atoms with Crippen LogP contribution in [0.25, 0.3) is 0 Å². The maximum atomic E-state index is 3.20. The van der Waals surface area contributed by atoms with E-state index in [0.717, 1.165) is 18.4 Å². The number of hydrogen-bond acceptors (Lipinski definition) is 2. The molecule has 0 amide bonds. The number of nitrogens with zero attached hydrogens (tertiary/aromatic N) is 1. The van der Waals surface area contributed by atoms with Gasteiger partial charge in [-0.15, -0.1) is 0 Å². The molecular formula is C18H30N2. The first-order valence-electron chi connectivity index (χ1n) is 8.17. The van der Waals surface area contributed by atoms with Crippen molar-refractivity contribution in [2.75, 3.05) is 25.0 Å². The predicted molar refractivity (Wildman–Crippen MR) is 88.2 cm³/mol. The monoisotopic (exact) mass is 274 g/mol. The van der Waals surface area contributed by atoms with Gasteiger partial charge in [-0.1, -0.05) is 38.8 Å². The number of nitrogens with one attached hydrogen (secondary N) is 1. The van der Waals surface area contributed by atoms with Crippen molar-refractivity contribution in [1.29, 1.82) is 0 Å². The molecule has 0 unspecified atom stereocenters. The number of benzene rings is 1. The first kappa shape index (κ1) is 15.4. The third-order valence-electron chi connectivity index (χ3n) is 4.45. The van der Waals surface area contributed by atoms with E-state index in [2.05, 4.69) is 48.3 Å². The Labute approximate surface area is 124 Å². The van der Waals surface area contributed by atoms with Gasteiger partial charge in [0.05, 0.1) is 0 Å². The zero-order valence-corrected chi connectivity index (χ0v) is 13.4. The van der Waals surface area contributed by atoms with E-state index in [1.54, 1.807) is 0 Å². The second kappa shape index (κ2) is 7.68. The second-order valence-electron chi connectivity index (χ2n) is 6.60. The van der Waals surface area contributed by atoms with E-state index in [4.69, 9.17) is 0 Å². The molecule has 1 aliphatic rings. The summed E-state index contributed by atoms with van der Waals surface area (Å²) in [6.45, 7) is 8.09. The van der Waals surface area contributed by atoms with Crippen LogP contribution in [0.4, 0.5) is 5.69 Å². The minimum absolute atomic E-state index is 0.854. The number of anilines is 1. The molecule has 0 spiro atoms. The van der Waals surface area contributed by atoms with Gasteiger partial charge in [0, 0.05) is 25.3 Å². The lowest BCUT2D eigenvalue weighted by atomic mass is 9.89. The molecular weight excluding hydrogens is 244 g/mol. The van der Waals surface area contributed by atoms with Crippen molar-refractivity contribution in [2.24, 2.45) is 11.8 Å². The summed E-state index contributed by atoms with van der Waals surface area (Å²) in [5, 5.41) is 3.20. The second-order valence-corrected chi connectivity index (χ2v) is 6.60. The van der Waals surface area contributed by atoms with E-state index in [9.17, 15) is 0 Å². The third-order valence-corrected chi connectivity index (χ3v) is 4.45. The van der Waals surface area contributed by atoms with Gasteiger partial charge in [-0.05, 0) is 49.4 Å². The summed E-state index contributed by atoms with van der Waals surface area (Å²) in [5.74, 6) is 1.81. The minimum atomic E-state index is 0.854. The lowest BCUT2D eigenvalue weighted by molar-refractivity contribution is 0.351. The molecule has 0 atom stereocenters. The van der Waals surface area contributed by atoms with E-state index in [1.807, 2.05) is 7.05 Å². The lowest BCUT2D eigenvalue weighted by Crippen LogP contribution is -2.33. The van der Waals surface area contributed by atoms with E-state index < -0.39 is 0 Å². The summed E-state index contributed by atoms with van der Waals surface area (Å²) in [5.41, 5.74) is 2.76. The first-order chi connectivity index (χ1) is 9.69. The molecule has 1 saturated heterocycles. The molecule has 1 fully saturated rings. The fourth-order valence-electron chi connectivity index (χ4n) is 3.08. The van der Waals surface area contributed by atoms with Crippen LogP contribution in [-0.2, 0) is 6.54 Å². The fourth-order valence-corrected chi connectivity index (χ4v) is 3.08. The van der Waals surface area contributed by atoms with Gasteiger partial charge >= 0.3 is 0 Å².